The topological polar surface area (TPSA) is 85.9 Å². The fourth-order valence-corrected chi connectivity index (χ4v) is 2.54. The van der Waals surface area contributed by atoms with Crippen molar-refractivity contribution in [3.05, 3.63) is 53.6 Å². The molecular formula is C22H28N2O5. The van der Waals surface area contributed by atoms with Gasteiger partial charge < -0.3 is 24.8 Å². The van der Waals surface area contributed by atoms with Crippen LogP contribution in [-0.2, 0) is 16.1 Å². The molecule has 1 unspecified atom stereocenters. The molecule has 0 aliphatic carbocycles. The Balaban J connectivity index is 1.89. The molecule has 0 heterocycles. The van der Waals surface area contributed by atoms with Gasteiger partial charge >= 0.3 is 0 Å². The van der Waals surface area contributed by atoms with E-state index in [4.69, 9.17) is 14.2 Å². The van der Waals surface area contributed by atoms with Crippen molar-refractivity contribution in [2.75, 3.05) is 20.3 Å². The first-order chi connectivity index (χ1) is 13.9. The second kappa shape index (κ2) is 10.9. The van der Waals surface area contributed by atoms with Crippen LogP contribution in [0.5, 0.6) is 17.2 Å². The summed E-state index contributed by atoms with van der Waals surface area (Å²) in [6, 6.07) is 12.8. The molecule has 2 aromatic carbocycles. The molecule has 2 aromatic rings. The van der Waals surface area contributed by atoms with Crippen LogP contribution in [-0.4, -0.2) is 38.2 Å². The van der Waals surface area contributed by atoms with Crippen molar-refractivity contribution in [3.8, 4) is 17.2 Å². The molecule has 0 fully saturated rings. The zero-order valence-corrected chi connectivity index (χ0v) is 17.3. The average molecular weight is 400 g/mol. The summed E-state index contributed by atoms with van der Waals surface area (Å²) in [6.07, 6.45) is -0.626. The standard InChI is InChI=1S/C22H28N2O5/c1-5-23-21(25)14-28-19-11-8-17(12-20(19)27-4)13-24-22(26)16(3)29-18-9-6-15(2)7-10-18/h6-12,16H,5,13-14H2,1-4H3,(H,23,25)(H,24,26). The number of benzene rings is 2. The molecule has 7 heteroatoms. The largest absolute Gasteiger partial charge is 0.493 e. The number of ether oxygens (including phenoxy) is 3. The van der Waals surface area contributed by atoms with E-state index in [1.54, 1.807) is 25.1 Å². The van der Waals surface area contributed by atoms with Crippen molar-refractivity contribution < 1.29 is 23.8 Å². The lowest BCUT2D eigenvalue weighted by Gasteiger charge is -2.16. The molecule has 0 aliphatic heterocycles. The summed E-state index contributed by atoms with van der Waals surface area (Å²) in [5, 5.41) is 5.51. The molecule has 2 N–H and O–H groups in total. The first-order valence-corrected chi connectivity index (χ1v) is 9.50. The summed E-state index contributed by atoms with van der Waals surface area (Å²) in [6.45, 7) is 6.30. The fraction of sp³-hybridized carbons (Fsp3) is 0.364. The lowest BCUT2D eigenvalue weighted by atomic mass is 10.2. The number of likely N-dealkylation sites (N-methyl/N-ethyl adjacent to an activating group) is 1. The molecule has 0 saturated heterocycles. The molecule has 156 valence electrons. The number of nitrogens with one attached hydrogen (secondary N) is 2. The maximum Gasteiger partial charge on any atom is 0.261 e. The molecule has 0 bridgehead atoms. The van der Waals surface area contributed by atoms with E-state index in [2.05, 4.69) is 10.6 Å². The maximum atomic E-state index is 12.3. The first kappa shape index (κ1) is 22.1. The van der Waals surface area contributed by atoms with E-state index in [9.17, 15) is 9.59 Å². The maximum absolute atomic E-state index is 12.3. The van der Waals surface area contributed by atoms with Gasteiger partial charge in [-0.1, -0.05) is 23.8 Å². The third-order valence-electron chi connectivity index (χ3n) is 4.13. The number of hydrogen-bond donors (Lipinski definition) is 2. The lowest BCUT2D eigenvalue weighted by Crippen LogP contribution is -2.35. The summed E-state index contributed by atoms with van der Waals surface area (Å²) in [5.74, 6) is 1.18. The summed E-state index contributed by atoms with van der Waals surface area (Å²) >= 11 is 0. The number of carbonyl (C=O) groups is 2. The van der Waals surface area contributed by atoms with Crippen LogP contribution in [0.4, 0.5) is 0 Å². The Labute approximate surface area is 171 Å². The van der Waals surface area contributed by atoms with Crippen LogP contribution in [0.3, 0.4) is 0 Å². The van der Waals surface area contributed by atoms with Gasteiger partial charge in [0.1, 0.15) is 5.75 Å². The van der Waals surface area contributed by atoms with Crippen molar-refractivity contribution in [2.45, 2.75) is 33.4 Å². The fourth-order valence-electron chi connectivity index (χ4n) is 2.54. The molecule has 2 amide bonds. The quantitative estimate of drug-likeness (QED) is 0.640. The third-order valence-corrected chi connectivity index (χ3v) is 4.13. The number of amides is 2. The minimum absolute atomic E-state index is 0.0891. The van der Waals surface area contributed by atoms with E-state index in [0.717, 1.165) is 11.1 Å². The van der Waals surface area contributed by atoms with Gasteiger partial charge in [0.2, 0.25) is 0 Å². The summed E-state index contributed by atoms with van der Waals surface area (Å²) in [7, 11) is 1.52. The number of rotatable bonds is 10. The monoisotopic (exact) mass is 400 g/mol. The Morgan fingerprint density at radius 1 is 1.03 bits per heavy atom. The summed E-state index contributed by atoms with van der Waals surface area (Å²) in [4.78, 5) is 23.8. The van der Waals surface area contributed by atoms with E-state index < -0.39 is 6.10 Å². The summed E-state index contributed by atoms with van der Waals surface area (Å²) in [5.41, 5.74) is 1.96. The van der Waals surface area contributed by atoms with Gasteiger partial charge in [-0.3, -0.25) is 9.59 Å². The smallest absolute Gasteiger partial charge is 0.261 e. The highest BCUT2D eigenvalue weighted by Gasteiger charge is 2.15. The Morgan fingerprint density at radius 3 is 2.41 bits per heavy atom. The second-order valence-corrected chi connectivity index (χ2v) is 6.52. The molecule has 29 heavy (non-hydrogen) atoms. The third kappa shape index (κ3) is 7.03. The Bertz CT molecular complexity index is 820. The van der Waals surface area contributed by atoms with E-state index in [-0.39, 0.29) is 18.4 Å². The van der Waals surface area contributed by atoms with E-state index in [1.165, 1.54) is 7.11 Å². The van der Waals surface area contributed by atoms with Gasteiger partial charge in [-0.25, -0.2) is 0 Å². The zero-order valence-electron chi connectivity index (χ0n) is 17.3. The molecule has 2 rings (SSSR count). The van der Waals surface area contributed by atoms with Gasteiger partial charge in [-0.05, 0) is 50.6 Å². The number of carbonyl (C=O) groups excluding carboxylic acids is 2. The Morgan fingerprint density at radius 2 is 1.76 bits per heavy atom. The highest BCUT2D eigenvalue weighted by atomic mass is 16.5. The van der Waals surface area contributed by atoms with Gasteiger partial charge in [0, 0.05) is 13.1 Å². The van der Waals surface area contributed by atoms with Gasteiger partial charge in [0.25, 0.3) is 11.8 Å². The SMILES string of the molecule is CCNC(=O)COc1ccc(CNC(=O)C(C)Oc2ccc(C)cc2)cc1OC. The molecule has 0 radical (unpaired) electrons. The molecule has 0 aromatic heterocycles. The van der Waals surface area contributed by atoms with E-state index in [0.29, 0.717) is 30.3 Å². The van der Waals surface area contributed by atoms with Crippen molar-refractivity contribution in [1.29, 1.82) is 0 Å². The van der Waals surface area contributed by atoms with Crippen LogP contribution in [0, 0.1) is 6.92 Å². The van der Waals surface area contributed by atoms with Gasteiger partial charge in [-0.2, -0.15) is 0 Å². The molecular weight excluding hydrogens is 372 g/mol. The minimum Gasteiger partial charge on any atom is -0.493 e. The normalized spacial score (nSPS) is 11.3. The Hall–Kier alpha value is -3.22. The number of aryl methyl sites for hydroxylation is 1. The number of methoxy groups -OCH3 is 1. The van der Waals surface area contributed by atoms with Gasteiger partial charge in [-0.15, -0.1) is 0 Å². The van der Waals surface area contributed by atoms with Gasteiger partial charge in [0.15, 0.2) is 24.2 Å². The van der Waals surface area contributed by atoms with Crippen LogP contribution in [0.2, 0.25) is 0 Å². The van der Waals surface area contributed by atoms with Crippen LogP contribution in [0.1, 0.15) is 25.0 Å². The highest BCUT2D eigenvalue weighted by molar-refractivity contribution is 5.80. The second-order valence-electron chi connectivity index (χ2n) is 6.52. The number of hydrogen-bond acceptors (Lipinski definition) is 5. The lowest BCUT2D eigenvalue weighted by molar-refractivity contribution is -0.127. The minimum atomic E-state index is -0.626. The van der Waals surface area contributed by atoms with Crippen molar-refractivity contribution in [2.24, 2.45) is 0 Å². The molecule has 0 saturated carbocycles. The van der Waals surface area contributed by atoms with Crippen LogP contribution in [0.15, 0.2) is 42.5 Å². The molecule has 7 nitrogen and oxygen atoms in total. The van der Waals surface area contributed by atoms with Crippen molar-refractivity contribution in [1.82, 2.24) is 10.6 Å². The average Bonchev–Trinajstić information content (AvgIpc) is 2.72. The van der Waals surface area contributed by atoms with Crippen LogP contribution >= 0.6 is 0 Å². The predicted molar refractivity (Wildman–Crippen MR) is 110 cm³/mol. The van der Waals surface area contributed by atoms with E-state index in [1.807, 2.05) is 38.1 Å². The van der Waals surface area contributed by atoms with Crippen LogP contribution in [0.25, 0.3) is 0 Å². The molecule has 0 aliphatic rings. The molecule has 1 atom stereocenters. The molecule has 0 spiro atoms. The van der Waals surface area contributed by atoms with Crippen molar-refractivity contribution >= 4 is 11.8 Å². The highest BCUT2D eigenvalue weighted by Crippen LogP contribution is 2.28. The Kier molecular flexibility index (Phi) is 8.33. The van der Waals surface area contributed by atoms with Crippen molar-refractivity contribution in [3.63, 3.8) is 0 Å². The van der Waals surface area contributed by atoms with E-state index >= 15 is 0 Å². The first-order valence-electron chi connectivity index (χ1n) is 9.50. The van der Waals surface area contributed by atoms with Crippen LogP contribution < -0.4 is 24.8 Å². The van der Waals surface area contributed by atoms with Gasteiger partial charge in [0.05, 0.1) is 7.11 Å². The predicted octanol–water partition coefficient (Wildman–Crippen LogP) is 2.60. The summed E-state index contributed by atoms with van der Waals surface area (Å²) < 4.78 is 16.5. The zero-order chi connectivity index (χ0) is 21.2.